The lowest BCUT2D eigenvalue weighted by Crippen LogP contribution is -2.54. The fourth-order valence-corrected chi connectivity index (χ4v) is 3.93. The van der Waals surface area contributed by atoms with Gasteiger partial charge in [0.25, 0.3) is 0 Å². The van der Waals surface area contributed by atoms with Gasteiger partial charge in [-0.3, -0.25) is 25.0 Å². The van der Waals surface area contributed by atoms with Crippen molar-refractivity contribution in [2.24, 2.45) is 23.1 Å². The van der Waals surface area contributed by atoms with Crippen LogP contribution >= 0.6 is 0 Å². The zero-order valence-electron chi connectivity index (χ0n) is 15.8. The van der Waals surface area contributed by atoms with E-state index in [2.05, 4.69) is 29.9 Å². The molecule has 1 saturated carbocycles. The second-order valence-electron chi connectivity index (χ2n) is 7.71. The Kier molecular flexibility index (Phi) is 6.02. The molecule has 4 atom stereocenters. The van der Waals surface area contributed by atoms with E-state index in [1.165, 1.54) is 11.8 Å². The summed E-state index contributed by atoms with van der Waals surface area (Å²) in [5.41, 5.74) is 2.39. The molecular formula is C17H29N5O4. The maximum absolute atomic E-state index is 12.6. The molecule has 3 amide bonds. The monoisotopic (exact) mass is 367 g/mol. The van der Waals surface area contributed by atoms with E-state index in [0.717, 1.165) is 0 Å². The minimum atomic E-state index is -0.603. The van der Waals surface area contributed by atoms with Crippen molar-refractivity contribution in [1.82, 2.24) is 21.0 Å². The summed E-state index contributed by atoms with van der Waals surface area (Å²) < 4.78 is 0. The molecule has 0 aromatic carbocycles. The molecule has 9 nitrogen and oxygen atoms in total. The van der Waals surface area contributed by atoms with Gasteiger partial charge in [0.05, 0.1) is 19.1 Å². The number of likely N-dealkylation sites (tertiary alicyclic amines) is 1. The van der Waals surface area contributed by atoms with Gasteiger partial charge in [-0.2, -0.15) is 0 Å². The van der Waals surface area contributed by atoms with E-state index in [9.17, 15) is 19.2 Å². The van der Waals surface area contributed by atoms with Crippen LogP contribution in [0.3, 0.4) is 0 Å². The number of hydrogen-bond donors (Lipinski definition) is 4. The van der Waals surface area contributed by atoms with Gasteiger partial charge in [-0.15, -0.1) is 0 Å². The van der Waals surface area contributed by atoms with Gasteiger partial charge in [0.1, 0.15) is 11.8 Å². The highest BCUT2D eigenvalue weighted by atomic mass is 16.2. The first-order valence-corrected chi connectivity index (χ1v) is 8.95. The Labute approximate surface area is 153 Å². The zero-order chi connectivity index (χ0) is 19.6. The number of amides is 3. The molecule has 146 valence electrons. The van der Waals surface area contributed by atoms with Crippen LogP contribution in [0.2, 0.25) is 0 Å². The number of Topliss-reactive ketones (excluding diaryl/α,β-unsaturated/α-hetero) is 1. The molecule has 4 unspecified atom stereocenters. The molecule has 0 aromatic heterocycles. The van der Waals surface area contributed by atoms with Crippen molar-refractivity contribution in [3.05, 3.63) is 0 Å². The Morgan fingerprint density at radius 1 is 1.19 bits per heavy atom. The third-order valence-corrected chi connectivity index (χ3v) is 5.65. The SMILES string of the molecule is CCC(NN)C(=O)NCC(=O)N1CC2C(C1C(=O)NCC(C)=O)C2(C)C. The van der Waals surface area contributed by atoms with Gasteiger partial charge in [-0.25, -0.2) is 5.43 Å². The van der Waals surface area contributed by atoms with Crippen molar-refractivity contribution in [3.8, 4) is 0 Å². The van der Waals surface area contributed by atoms with Crippen LogP contribution in [0, 0.1) is 17.3 Å². The Morgan fingerprint density at radius 2 is 1.85 bits per heavy atom. The van der Waals surface area contributed by atoms with Gasteiger partial charge >= 0.3 is 0 Å². The van der Waals surface area contributed by atoms with Gasteiger partial charge in [0.2, 0.25) is 17.7 Å². The fourth-order valence-electron chi connectivity index (χ4n) is 3.93. The number of carbonyl (C=O) groups is 4. The summed E-state index contributed by atoms with van der Waals surface area (Å²) in [6, 6.07) is -1.17. The number of hydrogen-bond acceptors (Lipinski definition) is 6. The van der Waals surface area contributed by atoms with Crippen LogP contribution in [0.15, 0.2) is 0 Å². The number of piperidine rings is 1. The first-order chi connectivity index (χ1) is 12.1. The fraction of sp³-hybridized carbons (Fsp3) is 0.765. The largest absolute Gasteiger partial charge is 0.347 e. The van der Waals surface area contributed by atoms with Crippen molar-refractivity contribution < 1.29 is 19.2 Å². The maximum Gasteiger partial charge on any atom is 0.243 e. The maximum atomic E-state index is 12.6. The van der Waals surface area contributed by atoms with Crippen LogP contribution in [0.4, 0.5) is 0 Å². The number of nitrogens with one attached hydrogen (secondary N) is 3. The van der Waals surface area contributed by atoms with E-state index >= 15 is 0 Å². The molecule has 26 heavy (non-hydrogen) atoms. The minimum Gasteiger partial charge on any atom is -0.347 e. The van der Waals surface area contributed by atoms with Crippen LogP contribution < -0.4 is 21.9 Å². The van der Waals surface area contributed by atoms with Crippen LogP contribution in [0.1, 0.15) is 34.1 Å². The number of hydrazine groups is 1. The number of carbonyl (C=O) groups excluding carboxylic acids is 4. The number of nitrogens with two attached hydrogens (primary N) is 1. The summed E-state index contributed by atoms with van der Waals surface area (Å²) in [4.78, 5) is 49.8. The molecule has 1 saturated heterocycles. The summed E-state index contributed by atoms with van der Waals surface area (Å²) in [6.45, 7) is 7.60. The molecule has 9 heteroatoms. The Bertz CT molecular complexity index is 602. The van der Waals surface area contributed by atoms with E-state index in [-0.39, 0.29) is 53.8 Å². The number of nitrogens with zero attached hydrogens (tertiary/aromatic N) is 1. The minimum absolute atomic E-state index is 0.00493. The van der Waals surface area contributed by atoms with Crippen molar-refractivity contribution >= 4 is 23.5 Å². The van der Waals surface area contributed by atoms with E-state index in [1.807, 2.05) is 0 Å². The molecule has 1 aliphatic carbocycles. The molecule has 0 radical (unpaired) electrons. The van der Waals surface area contributed by atoms with Gasteiger partial charge in [0, 0.05) is 6.54 Å². The summed E-state index contributed by atoms with van der Waals surface area (Å²) in [5.74, 6) is 4.50. The third kappa shape index (κ3) is 3.88. The van der Waals surface area contributed by atoms with E-state index in [0.29, 0.717) is 13.0 Å². The Hall–Kier alpha value is -2.00. The van der Waals surface area contributed by atoms with Crippen molar-refractivity contribution in [2.45, 2.75) is 46.2 Å². The second kappa shape index (κ2) is 7.71. The van der Waals surface area contributed by atoms with E-state index in [4.69, 9.17) is 5.84 Å². The van der Waals surface area contributed by atoms with Gasteiger partial charge in [0.15, 0.2) is 0 Å². The van der Waals surface area contributed by atoms with E-state index < -0.39 is 12.1 Å². The number of rotatable bonds is 8. The highest BCUT2D eigenvalue weighted by molar-refractivity contribution is 5.93. The quantitative estimate of drug-likeness (QED) is 0.306. The van der Waals surface area contributed by atoms with Gasteiger partial charge in [-0.05, 0) is 30.6 Å². The zero-order valence-corrected chi connectivity index (χ0v) is 15.8. The Balaban J connectivity index is 2.00. The molecule has 1 aliphatic heterocycles. The van der Waals surface area contributed by atoms with Crippen LogP contribution in [0.25, 0.3) is 0 Å². The van der Waals surface area contributed by atoms with E-state index in [1.54, 1.807) is 6.92 Å². The summed E-state index contributed by atoms with van der Waals surface area (Å²) in [6.07, 6.45) is 0.495. The van der Waals surface area contributed by atoms with Crippen LogP contribution in [-0.2, 0) is 19.2 Å². The lowest BCUT2D eigenvalue weighted by Gasteiger charge is -2.30. The Morgan fingerprint density at radius 3 is 2.38 bits per heavy atom. The molecule has 5 N–H and O–H groups in total. The number of ketones is 1. The van der Waals surface area contributed by atoms with Crippen molar-refractivity contribution in [3.63, 3.8) is 0 Å². The average Bonchev–Trinajstić information content (AvgIpc) is 2.95. The third-order valence-electron chi connectivity index (χ3n) is 5.65. The molecule has 0 bridgehead atoms. The number of fused-ring (bicyclic) bond motifs is 1. The normalized spacial score (nSPS) is 26.7. The smallest absolute Gasteiger partial charge is 0.243 e. The highest BCUT2D eigenvalue weighted by Gasteiger charge is 2.69. The summed E-state index contributed by atoms with van der Waals surface area (Å²) in [7, 11) is 0. The topological polar surface area (TPSA) is 134 Å². The van der Waals surface area contributed by atoms with Gasteiger partial charge in [-0.1, -0.05) is 20.8 Å². The molecule has 0 aromatic rings. The lowest BCUT2D eigenvalue weighted by atomic mass is 10.0. The predicted molar refractivity (Wildman–Crippen MR) is 94.4 cm³/mol. The first-order valence-electron chi connectivity index (χ1n) is 8.95. The second-order valence-corrected chi connectivity index (χ2v) is 7.71. The molecule has 2 fully saturated rings. The highest BCUT2D eigenvalue weighted by Crippen LogP contribution is 2.64. The summed E-state index contributed by atoms with van der Waals surface area (Å²) in [5, 5.41) is 5.17. The standard InChI is InChI=1S/C17H29N5O4/c1-5-11(21-18)15(25)20-7-12(24)22-8-10-13(17(10,3)4)14(22)16(26)19-6-9(2)23/h10-11,13-14,21H,5-8,18H2,1-4H3,(H,19,26)(H,20,25). The van der Waals surface area contributed by atoms with Crippen molar-refractivity contribution in [1.29, 1.82) is 0 Å². The van der Waals surface area contributed by atoms with Gasteiger partial charge < -0.3 is 15.5 Å². The van der Waals surface area contributed by atoms with Crippen LogP contribution in [-0.4, -0.2) is 60.1 Å². The first kappa shape index (κ1) is 20.3. The molecule has 0 spiro atoms. The lowest BCUT2D eigenvalue weighted by molar-refractivity contribution is -0.140. The molecule has 2 rings (SSSR count). The summed E-state index contributed by atoms with van der Waals surface area (Å²) >= 11 is 0. The van der Waals surface area contributed by atoms with Crippen LogP contribution in [0.5, 0.6) is 0 Å². The molecular weight excluding hydrogens is 338 g/mol. The molecule has 2 aliphatic rings. The predicted octanol–water partition coefficient (Wildman–Crippen LogP) is -1.47. The van der Waals surface area contributed by atoms with Crippen molar-refractivity contribution in [2.75, 3.05) is 19.6 Å². The average molecular weight is 367 g/mol. The molecule has 1 heterocycles.